The van der Waals surface area contributed by atoms with Crippen LogP contribution in [0.5, 0.6) is 0 Å². The molecular formula is C14H16BrNO3. The number of carbonyl (C=O) groups is 2. The van der Waals surface area contributed by atoms with E-state index < -0.39 is 0 Å². The highest BCUT2D eigenvalue weighted by atomic mass is 79.9. The van der Waals surface area contributed by atoms with E-state index in [1.54, 1.807) is 17.0 Å². The Kier molecular flexibility index (Phi) is 4.24. The molecule has 0 saturated carbocycles. The smallest absolute Gasteiger partial charge is 0.337 e. The molecule has 1 aliphatic heterocycles. The molecule has 1 heterocycles. The summed E-state index contributed by atoms with van der Waals surface area (Å²) >= 11 is 3.42. The number of amides is 1. The minimum atomic E-state index is -0.384. The number of alkyl halides is 1. The number of anilines is 1. The fourth-order valence-corrected chi connectivity index (χ4v) is 2.70. The number of methoxy groups -OCH3 is 1. The summed E-state index contributed by atoms with van der Waals surface area (Å²) in [6, 6.07) is 5.29. The van der Waals surface area contributed by atoms with Crippen molar-refractivity contribution in [3.8, 4) is 0 Å². The lowest BCUT2D eigenvalue weighted by molar-refractivity contribution is -0.117. The van der Waals surface area contributed by atoms with Crippen molar-refractivity contribution in [3.05, 3.63) is 29.3 Å². The molecular weight excluding hydrogens is 310 g/mol. The molecule has 0 N–H and O–H groups in total. The molecule has 2 rings (SSSR count). The van der Waals surface area contributed by atoms with E-state index in [4.69, 9.17) is 4.74 Å². The topological polar surface area (TPSA) is 46.6 Å². The third-order valence-corrected chi connectivity index (χ3v) is 4.26. The van der Waals surface area contributed by atoms with E-state index in [2.05, 4.69) is 15.9 Å². The SMILES string of the molecule is COC(=O)c1ccc(C)c(N2CC(CBr)CC2=O)c1. The molecule has 0 bridgehead atoms. The zero-order chi connectivity index (χ0) is 14.0. The molecule has 1 saturated heterocycles. The van der Waals surface area contributed by atoms with Crippen LogP contribution in [0.1, 0.15) is 22.3 Å². The monoisotopic (exact) mass is 325 g/mol. The summed E-state index contributed by atoms with van der Waals surface area (Å²) in [5.41, 5.74) is 2.26. The van der Waals surface area contributed by atoms with Gasteiger partial charge in [0, 0.05) is 24.0 Å². The Morgan fingerprint density at radius 2 is 2.26 bits per heavy atom. The van der Waals surface area contributed by atoms with Gasteiger partial charge in [0.2, 0.25) is 5.91 Å². The molecule has 1 amide bonds. The number of hydrogen-bond acceptors (Lipinski definition) is 3. The molecule has 1 fully saturated rings. The number of hydrogen-bond donors (Lipinski definition) is 0. The normalized spacial score (nSPS) is 18.8. The maximum Gasteiger partial charge on any atom is 0.337 e. The van der Waals surface area contributed by atoms with Crippen molar-refractivity contribution in [1.29, 1.82) is 0 Å². The molecule has 1 atom stereocenters. The summed E-state index contributed by atoms with van der Waals surface area (Å²) in [7, 11) is 1.35. The van der Waals surface area contributed by atoms with Gasteiger partial charge in [0.15, 0.2) is 0 Å². The van der Waals surface area contributed by atoms with Crippen molar-refractivity contribution in [2.75, 3.05) is 23.9 Å². The molecule has 0 radical (unpaired) electrons. The summed E-state index contributed by atoms with van der Waals surface area (Å²) < 4.78 is 4.71. The number of ether oxygens (including phenoxy) is 1. The third kappa shape index (κ3) is 2.81. The van der Waals surface area contributed by atoms with Crippen LogP contribution in [0.15, 0.2) is 18.2 Å². The molecule has 1 aromatic rings. The minimum Gasteiger partial charge on any atom is -0.465 e. The molecule has 5 heteroatoms. The summed E-state index contributed by atoms with van der Waals surface area (Å²) in [4.78, 5) is 25.4. The van der Waals surface area contributed by atoms with Crippen LogP contribution in [0.25, 0.3) is 0 Å². The molecule has 0 spiro atoms. The molecule has 1 aromatic carbocycles. The van der Waals surface area contributed by atoms with Crippen LogP contribution in [0.2, 0.25) is 0 Å². The Bertz CT molecular complexity index is 515. The Labute approximate surface area is 120 Å². The first-order chi connectivity index (χ1) is 9.06. The van der Waals surface area contributed by atoms with Crippen molar-refractivity contribution < 1.29 is 14.3 Å². The van der Waals surface area contributed by atoms with Crippen LogP contribution < -0.4 is 4.90 Å². The van der Waals surface area contributed by atoms with Gasteiger partial charge in [-0.25, -0.2) is 4.79 Å². The number of benzene rings is 1. The molecule has 0 aliphatic carbocycles. The molecule has 4 nitrogen and oxygen atoms in total. The van der Waals surface area contributed by atoms with E-state index in [1.807, 2.05) is 13.0 Å². The fourth-order valence-electron chi connectivity index (χ4n) is 2.26. The van der Waals surface area contributed by atoms with Crippen LogP contribution in [0, 0.1) is 12.8 Å². The van der Waals surface area contributed by atoms with E-state index >= 15 is 0 Å². The largest absolute Gasteiger partial charge is 0.465 e. The lowest BCUT2D eigenvalue weighted by Gasteiger charge is -2.19. The lowest BCUT2D eigenvalue weighted by atomic mass is 10.1. The molecule has 102 valence electrons. The second-order valence-electron chi connectivity index (χ2n) is 4.72. The predicted octanol–water partition coefficient (Wildman–Crippen LogP) is 2.53. The standard InChI is InChI=1S/C14H16BrNO3/c1-9-3-4-11(14(18)19-2)6-12(9)16-8-10(7-15)5-13(16)17/h3-4,6,10H,5,7-8H2,1-2H3. The lowest BCUT2D eigenvalue weighted by Crippen LogP contribution is -2.25. The molecule has 1 aliphatic rings. The van der Waals surface area contributed by atoms with Gasteiger partial charge in [-0.3, -0.25) is 4.79 Å². The van der Waals surface area contributed by atoms with Gasteiger partial charge in [-0.2, -0.15) is 0 Å². The summed E-state index contributed by atoms with van der Waals surface area (Å²) in [6.07, 6.45) is 0.549. The highest BCUT2D eigenvalue weighted by Crippen LogP contribution is 2.29. The molecule has 0 aromatic heterocycles. The van der Waals surface area contributed by atoms with Gasteiger partial charge >= 0.3 is 5.97 Å². The average Bonchev–Trinajstić information content (AvgIpc) is 2.79. The minimum absolute atomic E-state index is 0.106. The number of aryl methyl sites for hydroxylation is 1. The maximum absolute atomic E-state index is 12.0. The summed E-state index contributed by atoms with van der Waals surface area (Å²) in [6.45, 7) is 2.63. The van der Waals surface area contributed by atoms with Crippen molar-refractivity contribution in [2.45, 2.75) is 13.3 Å². The number of carbonyl (C=O) groups excluding carboxylic acids is 2. The van der Waals surface area contributed by atoms with Crippen molar-refractivity contribution >= 4 is 33.5 Å². The van der Waals surface area contributed by atoms with E-state index in [0.717, 1.165) is 16.6 Å². The van der Waals surface area contributed by atoms with E-state index in [9.17, 15) is 9.59 Å². The average molecular weight is 326 g/mol. The number of rotatable bonds is 3. The van der Waals surface area contributed by atoms with Crippen LogP contribution in [-0.2, 0) is 9.53 Å². The van der Waals surface area contributed by atoms with Crippen molar-refractivity contribution in [3.63, 3.8) is 0 Å². The first-order valence-corrected chi connectivity index (χ1v) is 7.24. The van der Waals surface area contributed by atoms with Gasteiger partial charge in [0.25, 0.3) is 0 Å². The summed E-state index contributed by atoms with van der Waals surface area (Å²) in [5.74, 6) is 0.0492. The van der Waals surface area contributed by atoms with Gasteiger partial charge in [-0.15, -0.1) is 0 Å². The van der Waals surface area contributed by atoms with Gasteiger partial charge < -0.3 is 9.64 Å². The number of esters is 1. The van der Waals surface area contributed by atoms with Crippen LogP contribution in [0.3, 0.4) is 0 Å². The Balaban J connectivity index is 2.34. The van der Waals surface area contributed by atoms with Gasteiger partial charge in [-0.05, 0) is 30.5 Å². The first kappa shape index (κ1) is 14.1. The Morgan fingerprint density at radius 1 is 1.53 bits per heavy atom. The summed E-state index contributed by atoms with van der Waals surface area (Å²) in [5, 5.41) is 0.810. The van der Waals surface area contributed by atoms with E-state index in [1.165, 1.54) is 7.11 Å². The van der Waals surface area contributed by atoms with E-state index in [-0.39, 0.29) is 11.9 Å². The first-order valence-electron chi connectivity index (χ1n) is 6.12. The highest BCUT2D eigenvalue weighted by molar-refractivity contribution is 9.09. The molecule has 19 heavy (non-hydrogen) atoms. The fraction of sp³-hybridized carbons (Fsp3) is 0.429. The van der Waals surface area contributed by atoms with Gasteiger partial charge in [0.05, 0.1) is 12.7 Å². The van der Waals surface area contributed by atoms with Crippen molar-refractivity contribution in [2.24, 2.45) is 5.92 Å². The Morgan fingerprint density at radius 3 is 2.84 bits per heavy atom. The van der Waals surface area contributed by atoms with Gasteiger partial charge in [-0.1, -0.05) is 22.0 Å². The zero-order valence-electron chi connectivity index (χ0n) is 11.0. The molecule has 1 unspecified atom stereocenters. The maximum atomic E-state index is 12.0. The zero-order valence-corrected chi connectivity index (χ0v) is 12.6. The van der Waals surface area contributed by atoms with Gasteiger partial charge in [0.1, 0.15) is 0 Å². The van der Waals surface area contributed by atoms with Crippen molar-refractivity contribution in [1.82, 2.24) is 0 Å². The van der Waals surface area contributed by atoms with Crippen LogP contribution >= 0.6 is 15.9 Å². The van der Waals surface area contributed by atoms with Crippen LogP contribution in [0.4, 0.5) is 5.69 Å². The second-order valence-corrected chi connectivity index (χ2v) is 5.37. The van der Waals surface area contributed by atoms with E-state index in [0.29, 0.717) is 24.4 Å². The number of nitrogens with zero attached hydrogens (tertiary/aromatic N) is 1. The quantitative estimate of drug-likeness (QED) is 0.633. The number of halogens is 1. The second kappa shape index (κ2) is 5.74. The highest BCUT2D eigenvalue weighted by Gasteiger charge is 2.30. The predicted molar refractivity (Wildman–Crippen MR) is 76.8 cm³/mol. The van der Waals surface area contributed by atoms with Crippen LogP contribution in [-0.4, -0.2) is 30.9 Å². The Hall–Kier alpha value is -1.36. The third-order valence-electron chi connectivity index (χ3n) is 3.34.